The van der Waals surface area contributed by atoms with Gasteiger partial charge in [-0.15, -0.1) is 0 Å². The molecule has 0 saturated carbocycles. The lowest BCUT2D eigenvalue weighted by Crippen LogP contribution is -2.36. The molecule has 3 rings (SSSR count). The molecule has 0 spiro atoms. The molecule has 0 radical (unpaired) electrons. The molecule has 1 unspecified atom stereocenters. The second-order valence-electron chi connectivity index (χ2n) is 7.37. The Bertz CT molecular complexity index is 1100. The number of nitrogens with zero attached hydrogens (tertiary/aromatic N) is 4. The molecular formula is C22H25ClN6O3. The maximum Gasteiger partial charge on any atom is 0.272 e. The average Bonchev–Trinajstić information content (AvgIpc) is 3.44. The van der Waals surface area contributed by atoms with Crippen LogP contribution in [0.15, 0.2) is 36.5 Å². The molecule has 168 valence electrons. The van der Waals surface area contributed by atoms with Gasteiger partial charge in [-0.2, -0.15) is 10.2 Å². The number of aliphatic hydroxyl groups excluding tert-OH is 1. The van der Waals surface area contributed by atoms with E-state index in [1.807, 2.05) is 26.1 Å². The first-order valence-corrected chi connectivity index (χ1v) is 10.6. The number of halogens is 1. The van der Waals surface area contributed by atoms with Crippen molar-refractivity contribution in [1.82, 2.24) is 25.3 Å². The third-order valence-corrected chi connectivity index (χ3v) is 5.08. The van der Waals surface area contributed by atoms with Gasteiger partial charge in [-0.1, -0.05) is 23.7 Å². The number of rotatable bonds is 10. The van der Waals surface area contributed by atoms with E-state index in [0.29, 0.717) is 36.0 Å². The molecule has 32 heavy (non-hydrogen) atoms. The van der Waals surface area contributed by atoms with Crippen molar-refractivity contribution in [2.75, 3.05) is 13.2 Å². The molecule has 9 nitrogen and oxygen atoms in total. The van der Waals surface area contributed by atoms with Crippen LogP contribution in [0.4, 0.5) is 5.69 Å². The molecule has 2 aromatic heterocycles. The summed E-state index contributed by atoms with van der Waals surface area (Å²) in [5.41, 5.74) is 2.92. The summed E-state index contributed by atoms with van der Waals surface area (Å²) in [6.45, 7) is 11.8. The molecule has 1 amide bonds. The van der Waals surface area contributed by atoms with Crippen LogP contribution in [0.1, 0.15) is 42.6 Å². The molecule has 3 N–H and O–H groups in total. The standard InChI is InChI=1S/C22H25ClN6O3/c1-14(25-22(31)21-12-20(26-27-21)15(2)32-10-4-9-30)13-29-8-7-18(28-29)16-5-6-19(24-3)17(23)11-16/h5-8,11-12,14-15,30H,4,9-10,13H2,1-2H3,(H,25,31)(H,26,27)/t14-,15?/m0/s1. The van der Waals surface area contributed by atoms with E-state index in [4.69, 9.17) is 28.0 Å². The Morgan fingerprint density at radius 3 is 2.91 bits per heavy atom. The summed E-state index contributed by atoms with van der Waals surface area (Å²) < 4.78 is 7.32. The van der Waals surface area contributed by atoms with Crippen LogP contribution >= 0.6 is 11.6 Å². The number of aromatic nitrogens is 4. The average molecular weight is 457 g/mol. The van der Waals surface area contributed by atoms with Crippen molar-refractivity contribution >= 4 is 23.2 Å². The van der Waals surface area contributed by atoms with Crippen molar-refractivity contribution in [1.29, 1.82) is 0 Å². The van der Waals surface area contributed by atoms with Gasteiger partial charge in [-0.25, -0.2) is 4.85 Å². The van der Waals surface area contributed by atoms with Crippen molar-refractivity contribution < 1.29 is 14.6 Å². The maximum absolute atomic E-state index is 12.5. The zero-order valence-corrected chi connectivity index (χ0v) is 18.6. The van der Waals surface area contributed by atoms with Gasteiger partial charge in [0, 0.05) is 36.0 Å². The van der Waals surface area contributed by atoms with E-state index in [9.17, 15) is 4.79 Å². The Morgan fingerprint density at radius 1 is 1.38 bits per heavy atom. The minimum atomic E-state index is -0.295. The predicted molar refractivity (Wildman–Crippen MR) is 121 cm³/mol. The van der Waals surface area contributed by atoms with Gasteiger partial charge in [0.25, 0.3) is 5.91 Å². The summed E-state index contributed by atoms with van der Waals surface area (Å²) in [6, 6.07) is 8.52. The summed E-state index contributed by atoms with van der Waals surface area (Å²) >= 11 is 6.12. The molecule has 0 saturated heterocycles. The summed E-state index contributed by atoms with van der Waals surface area (Å²) in [6.07, 6.45) is 2.12. The predicted octanol–water partition coefficient (Wildman–Crippen LogP) is 3.76. The molecule has 1 aromatic carbocycles. The monoisotopic (exact) mass is 456 g/mol. The summed E-state index contributed by atoms with van der Waals surface area (Å²) in [5, 5.41) is 23.6. The Balaban J connectivity index is 1.56. The SMILES string of the molecule is [C-]#[N+]c1ccc(-c2ccn(C[C@H](C)NC(=O)c3cc(C(C)OCCCO)[nH]n3)n2)cc1Cl. The number of aliphatic hydroxyl groups is 1. The van der Waals surface area contributed by atoms with Crippen LogP contribution in [-0.4, -0.2) is 50.2 Å². The lowest BCUT2D eigenvalue weighted by atomic mass is 10.1. The van der Waals surface area contributed by atoms with E-state index in [1.165, 1.54) is 0 Å². The molecule has 0 aliphatic carbocycles. The molecular weight excluding hydrogens is 432 g/mol. The maximum atomic E-state index is 12.5. The molecule has 2 atom stereocenters. The van der Waals surface area contributed by atoms with Crippen molar-refractivity contribution in [3.8, 4) is 11.3 Å². The van der Waals surface area contributed by atoms with Crippen molar-refractivity contribution in [2.24, 2.45) is 0 Å². The first-order valence-electron chi connectivity index (χ1n) is 10.2. The smallest absolute Gasteiger partial charge is 0.272 e. The van der Waals surface area contributed by atoms with E-state index in [-0.39, 0.29) is 30.4 Å². The normalized spacial score (nSPS) is 12.8. The van der Waals surface area contributed by atoms with Gasteiger partial charge in [-0.05, 0) is 38.5 Å². The number of ether oxygens (including phenoxy) is 1. The Kier molecular flexibility index (Phi) is 8.00. The highest BCUT2D eigenvalue weighted by molar-refractivity contribution is 6.33. The number of hydrogen-bond acceptors (Lipinski definition) is 5. The minimum absolute atomic E-state index is 0.0707. The topological polar surface area (TPSA) is 109 Å². The minimum Gasteiger partial charge on any atom is -0.396 e. The largest absolute Gasteiger partial charge is 0.396 e. The number of carbonyl (C=O) groups is 1. The van der Waals surface area contributed by atoms with Crippen molar-refractivity contribution in [3.63, 3.8) is 0 Å². The number of aromatic amines is 1. The summed E-state index contributed by atoms with van der Waals surface area (Å²) in [4.78, 5) is 15.9. The highest BCUT2D eigenvalue weighted by atomic mass is 35.5. The third-order valence-electron chi connectivity index (χ3n) is 4.78. The zero-order chi connectivity index (χ0) is 23.1. The third kappa shape index (κ3) is 5.95. The Labute approximate surface area is 191 Å². The van der Waals surface area contributed by atoms with E-state index >= 15 is 0 Å². The van der Waals surface area contributed by atoms with Crippen LogP contribution in [-0.2, 0) is 11.3 Å². The van der Waals surface area contributed by atoms with E-state index in [2.05, 4.69) is 25.5 Å². The summed E-state index contributed by atoms with van der Waals surface area (Å²) in [5.74, 6) is -0.295. The Morgan fingerprint density at radius 2 is 2.19 bits per heavy atom. The highest BCUT2D eigenvalue weighted by Crippen LogP contribution is 2.29. The number of carbonyl (C=O) groups excluding carboxylic acids is 1. The van der Waals surface area contributed by atoms with Gasteiger partial charge in [0.15, 0.2) is 0 Å². The fraction of sp³-hybridized carbons (Fsp3) is 0.364. The van der Waals surface area contributed by atoms with E-state index in [0.717, 1.165) is 11.3 Å². The molecule has 0 aliphatic heterocycles. The lowest BCUT2D eigenvalue weighted by Gasteiger charge is -2.13. The Hall–Kier alpha value is -3.19. The van der Waals surface area contributed by atoms with Gasteiger partial charge in [0.05, 0.1) is 30.6 Å². The zero-order valence-electron chi connectivity index (χ0n) is 17.9. The van der Waals surface area contributed by atoms with Gasteiger partial charge >= 0.3 is 0 Å². The van der Waals surface area contributed by atoms with Gasteiger partial charge < -0.3 is 15.2 Å². The van der Waals surface area contributed by atoms with Crippen LogP contribution in [0, 0.1) is 6.57 Å². The van der Waals surface area contributed by atoms with Gasteiger partial charge in [-0.3, -0.25) is 14.6 Å². The number of hydrogen-bond donors (Lipinski definition) is 3. The van der Waals surface area contributed by atoms with Crippen LogP contribution in [0.3, 0.4) is 0 Å². The number of nitrogens with one attached hydrogen (secondary N) is 2. The lowest BCUT2D eigenvalue weighted by molar-refractivity contribution is 0.0527. The summed E-state index contributed by atoms with van der Waals surface area (Å²) in [7, 11) is 0. The second-order valence-corrected chi connectivity index (χ2v) is 7.78. The molecule has 0 bridgehead atoms. The van der Waals surface area contributed by atoms with Gasteiger partial charge in [0.2, 0.25) is 5.69 Å². The van der Waals surface area contributed by atoms with Crippen molar-refractivity contribution in [2.45, 2.75) is 39.0 Å². The van der Waals surface area contributed by atoms with Crippen LogP contribution in [0.25, 0.3) is 16.1 Å². The van der Waals surface area contributed by atoms with Crippen LogP contribution in [0.5, 0.6) is 0 Å². The van der Waals surface area contributed by atoms with E-state index in [1.54, 1.807) is 28.9 Å². The van der Waals surface area contributed by atoms with Crippen LogP contribution < -0.4 is 5.32 Å². The molecule has 2 heterocycles. The first-order chi connectivity index (χ1) is 15.4. The quantitative estimate of drug-likeness (QED) is 0.318. The first kappa shape index (κ1) is 23.5. The fourth-order valence-corrected chi connectivity index (χ4v) is 3.30. The number of benzene rings is 1. The fourth-order valence-electron chi connectivity index (χ4n) is 3.07. The molecule has 0 fully saturated rings. The number of H-pyrrole nitrogens is 1. The molecule has 0 aliphatic rings. The highest BCUT2D eigenvalue weighted by Gasteiger charge is 2.17. The molecule has 10 heteroatoms. The molecule has 3 aromatic rings. The van der Waals surface area contributed by atoms with Crippen molar-refractivity contribution in [3.05, 3.63) is 64.4 Å². The van der Waals surface area contributed by atoms with E-state index < -0.39 is 0 Å². The second kappa shape index (κ2) is 10.9. The van der Waals surface area contributed by atoms with Gasteiger partial charge in [0.1, 0.15) is 5.69 Å². The van der Waals surface area contributed by atoms with Crippen LogP contribution in [0.2, 0.25) is 5.02 Å². The number of amides is 1.